The Balaban J connectivity index is 1.33. The lowest BCUT2D eigenvalue weighted by atomic mass is 9.89. The SMILES string of the molecule is COc1ccc(C(=O)C2CCN(c3ccc(C(=O)Nc4ccccc4)nn3)CC2)cc1. The fourth-order valence-electron chi connectivity index (χ4n) is 3.69. The number of Topliss-reactive ketones (excluding diaryl/α,β-unsaturated/α-hetero) is 1. The highest BCUT2D eigenvalue weighted by atomic mass is 16.5. The van der Waals surface area contributed by atoms with E-state index in [1.54, 1.807) is 19.2 Å². The number of hydrogen-bond acceptors (Lipinski definition) is 6. The number of amides is 1. The lowest BCUT2D eigenvalue weighted by Crippen LogP contribution is -2.37. The molecule has 0 unspecified atom stereocenters. The zero-order valence-electron chi connectivity index (χ0n) is 17.3. The second-order valence-electron chi connectivity index (χ2n) is 7.45. The van der Waals surface area contributed by atoms with E-state index in [0.717, 1.165) is 31.7 Å². The number of nitrogens with zero attached hydrogens (tertiary/aromatic N) is 3. The van der Waals surface area contributed by atoms with Crippen molar-refractivity contribution in [1.29, 1.82) is 0 Å². The van der Waals surface area contributed by atoms with Crippen molar-refractivity contribution in [2.24, 2.45) is 5.92 Å². The Morgan fingerprint density at radius 1 is 0.935 bits per heavy atom. The maximum Gasteiger partial charge on any atom is 0.276 e. The molecule has 1 N–H and O–H groups in total. The number of carbonyl (C=O) groups is 2. The van der Waals surface area contributed by atoms with Crippen LogP contribution in [0.4, 0.5) is 11.5 Å². The Labute approximate surface area is 181 Å². The van der Waals surface area contributed by atoms with Gasteiger partial charge in [-0.05, 0) is 61.4 Å². The Kier molecular flexibility index (Phi) is 6.21. The van der Waals surface area contributed by atoms with E-state index in [4.69, 9.17) is 4.74 Å². The average molecular weight is 416 g/mol. The number of piperidine rings is 1. The summed E-state index contributed by atoms with van der Waals surface area (Å²) in [5, 5.41) is 11.1. The number of aromatic nitrogens is 2. The zero-order valence-corrected chi connectivity index (χ0v) is 17.3. The predicted octanol–water partition coefficient (Wildman–Crippen LogP) is 3.84. The molecule has 7 heteroatoms. The normalized spacial score (nSPS) is 14.2. The number of rotatable bonds is 6. The third kappa shape index (κ3) is 4.88. The van der Waals surface area contributed by atoms with Crippen LogP contribution in [0.15, 0.2) is 66.7 Å². The lowest BCUT2D eigenvalue weighted by Gasteiger charge is -2.31. The van der Waals surface area contributed by atoms with E-state index >= 15 is 0 Å². The van der Waals surface area contributed by atoms with Gasteiger partial charge < -0.3 is 15.0 Å². The third-order valence-electron chi connectivity index (χ3n) is 5.48. The van der Waals surface area contributed by atoms with E-state index in [1.165, 1.54) is 0 Å². The van der Waals surface area contributed by atoms with Gasteiger partial charge in [0.05, 0.1) is 7.11 Å². The summed E-state index contributed by atoms with van der Waals surface area (Å²) in [6, 6.07) is 20.0. The molecule has 2 aromatic carbocycles. The van der Waals surface area contributed by atoms with E-state index in [-0.39, 0.29) is 23.3 Å². The van der Waals surface area contributed by atoms with Gasteiger partial charge in [0, 0.05) is 30.3 Å². The molecule has 0 radical (unpaired) electrons. The zero-order chi connectivity index (χ0) is 21.6. The number of anilines is 2. The first-order chi connectivity index (χ1) is 15.1. The van der Waals surface area contributed by atoms with Crippen LogP contribution in [-0.4, -0.2) is 42.1 Å². The monoisotopic (exact) mass is 416 g/mol. The molecule has 1 aromatic heterocycles. The molecule has 0 atom stereocenters. The minimum atomic E-state index is -0.297. The molecule has 0 saturated carbocycles. The van der Waals surface area contributed by atoms with Crippen molar-refractivity contribution in [3.8, 4) is 5.75 Å². The highest BCUT2D eigenvalue weighted by Gasteiger charge is 2.26. The minimum absolute atomic E-state index is 0.00599. The molecule has 1 amide bonds. The van der Waals surface area contributed by atoms with Gasteiger partial charge in [0.25, 0.3) is 5.91 Å². The van der Waals surface area contributed by atoms with Crippen LogP contribution in [0.5, 0.6) is 5.75 Å². The maximum absolute atomic E-state index is 12.8. The number of ketones is 1. The van der Waals surface area contributed by atoms with Gasteiger partial charge >= 0.3 is 0 Å². The molecule has 0 aliphatic carbocycles. The molecule has 7 nitrogen and oxygen atoms in total. The van der Waals surface area contributed by atoms with Gasteiger partial charge in [-0.25, -0.2) is 0 Å². The molecule has 2 heterocycles. The van der Waals surface area contributed by atoms with Crippen LogP contribution in [0, 0.1) is 5.92 Å². The van der Waals surface area contributed by atoms with Crippen molar-refractivity contribution in [2.45, 2.75) is 12.8 Å². The summed E-state index contributed by atoms with van der Waals surface area (Å²) in [6.45, 7) is 1.44. The van der Waals surface area contributed by atoms with Crippen molar-refractivity contribution in [1.82, 2.24) is 10.2 Å². The van der Waals surface area contributed by atoms with Crippen LogP contribution in [0.2, 0.25) is 0 Å². The van der Waals surface area contributed by atoms with E-state index in [1.807, 2.05) is 54.6 Å². The molecule has 3 aromatic rings. The summed E-state index contributed by atoms with van der Waals surface area (Å²) in [7, 11) is 1.61. The number of para-hydroxylation sites is 1. The van der Waals surface area contributed by atoms with Crippen molar-refractivity contribution < 1.29 is 14.3 Å². The number of nitrogens with one attached hydrogen (secondary N) is 1. The molecule has 0 spiro atoms. The van der Waals surface area contributed by atoms with E-state index in [0.29, 0.717) is 17.1 Å². The molecule has 31 heavy (non-hydrogen) atoms. The van der Waals surface area contributed by atoms with Crippen molar-refractivity contribution in [3.05, 3.63) is 78.0 Å². The van der Waals surface area contributed by atoms with Crippen LogP contribution < -0.4 is 15.0 Å². The Hall–Kier alpha value is -3.74. The van der Waals surface area contributed by atoms with Crippen molar-refractivity contribution in [3.63, 3.8) is 0 Å². The van der Waals surface area contributed by atoms with E-state index < -0.39 is 0 Å². The first-order valence-corrected chi connectivity index (χ1v) is 10.3. The molecule has 0 bridgehead atoms. The molecular formula is C24H24N4O3. The smallest absolute Gasteiger partial charge is 0.276 e. The Morgan fingerprint density at radius 3 is 2.26 bits per heavy atom. The molecule has 158 valence electrons. The fourth-order valence-corrected chi connectivity index (χ4v) is 3.69. The summed E-state index contributed by atoms with van der Waals surface area (Å²) < 4.78 is 5.15. The molecule has 1 saturated heterocycles. The van der Waals surface area contributed by atoms with E-state index in [9.17, 15) is 9.59 Å². The van der Waals surface area contributed by atoms with Crippen molar-refractivity contribution in [2.75, 3.05) is 30.4 Å². The molecule has 1 aliphatic heterocycles. The second kappa shape index (κ2) is 9.38. The summed E-state index contributed by atoms with van der Waals surface area (Å²) >= 11 is 0. The largest absolute Gasteiger partial charge is 0.497 e. The number of carbonyl (C=O) groups excluding carboxylic acids is 2. The summed E-state index contributed by atoms with van der Waals surface area (Å²) in [5.41, 5.74) is 1.69. The van der Waals surface area contributed by atoms with Gasteiger partial charge in [-0.1, -0.05) is 18.2 Å². The molecular weight excluding hydrogens is 392 g/mol. The van der Waals surface area contributed by atoms with Gasteiger partial charge in [0.15, 0.2) is 17.3 Å². The first kappa shape index (κ1) is 20.5. The predicted molar refractivity (Wildman–Crippen MR) is 119 cm³/mol. The summed E-state index contributed by atoms with van der Waals surface area (Å²) in [6.07, 6.45) is 1.51. The first-order valence-electron chi connectivity index (χ1n) is 10.3. The van der Waals surface area contributed by atoms with Crippen LogP contribution in [0.25, 0.3) is 0 Å². The van der Waals surface area contributed by atoms with Crippen LogP contribution in [0.1, 0.15) is 33.7 Å². The number of ether oxygens (including phenoxy) is 1. The second-order valence-corrected chi connectivity index (χ2v) is 7.45. The summed E-state index contributed by atoms with van der Waals surface area (Å²) in [5.74, 6) is 1.32. The highest BCUT2D eigenvalue weighted by molar-refractivity contribution is 6.02. The topological polar surface area (TPSA) is 84.4 Å². The van der Waals surface area contributed by atoms with Gasteiger partial charge in [-0.15, -0.1) is 10.2 Å². The highest BCUT2D eigenvalue weighted by Crippen LogP contribution is 2.25. The standard InChI is InChI=1S/C24H24N4O3/c1-31-20-9-7-17(8-10-20)23(29)18-13-15-28(16-14-18)22-12-11-21(26-27-22)24(30)25-19-5-3-2-4-6-19/h2-12,18H,13-16H2,1H3,(H,25,30). The van der Waals surface area contributed by atoms with E-state index in [2.05, 4.69) is 20.4 Å². The van der Waals surface area contributed by atoms with Crippen LogP contribution in [0.3, 0.4) is 0 Å². The van der Waals surface area contributed by atoms with Gasteiger partial charge in [0.1, 0.15) is 5.75 Å². The lowest BCUT2D eigenvalue weighted by molar-refractivity contribution is 0.0899. The van der Waals surface area contributed by atoms with Crippen molar-refractivity contribution >= 4 is 23.2 Å². The maximum atomic E-state index is 12.8. The van der Waals surface area contributed by atoms with Gasteiger partial charge in [-0.2, -0.15) is 0 Å². The number of benzene rings is 2. The van der Waals surface area contributed by atoms with Crippen LogP contribution >= 0.6 is 0 Å². The Bertz CT molecular complexity index is 1030. The van der Waals surface area contributed by atoms with Gasteiger partial charge in [-0.3, -0.25) is 9.59 Å². The minimum Gasteiger partial charge on any atom is -0.497 e. The number of methoxy groups -OCH3 is 1. The number of hydrogen-bond donors (Lipinski definition) is 1. The molecule has 1 aliphatic rings. The third-order valence-corrected chi connectivity index (χ3v) is 5.48. The Morgan fingerprint density at radius 2 is 1.65 bits per heavy atom. The molecule has 4 rings (SSSR count). The van der Waals surface area contributed by atoms with Crippen LogP contribution in [-0.2, 0) is 0 Å². The van der Waals surface area contributed by atoms with Gasteiger partial charge in [0.2, 0.25) is 0 Å². The fraction of sp³-hybridized carbons (Fsp3) is 0.250. The molecule has 1 fully saturated rings. The summed E-state index contributed by atoms with van der Waals surface area (Å²) in [4.78, 5) is 27.2. The average Bonchev–Trinajstić information content (AvgIpc) is 2.84. The quantitative estimate of drug-likeness (QED) is 0.615.